The zero-order chi connectivity index (χ0) is 23.0. The molecule has 174 valence electrons. The molecule has 2 N–H and O–H groups in total. The standard InChI is InChI=1S/C23H30F3N5O/c1-4-17-10-20(23(24,25)26)31-21(27-17)11-19(29-31)16-7-8-30(12-16)13-22(32)28-18-9-14(2)5-6-15(18)3/h5-6,9,11,16-17,20,27H,4,7-8,10,12-13H2,1-3H3,(H,28,32)/t16-,17+,20-/m1/s1. The Morgan fingerprint density at radius 2 is 2.06 bits per heavy atom. The van der Waals surface area contributed by atoms with E-state index in [0.717, 1.165) is 27.9 Å². The number of aryl methyl sites for hydroxylation is 2. The number of amides is 1. The van der Waals surface area contributed by atoms with Crippen molar-refractivity contribution in [3.8, 4) is 0 Å². The summed E-state index contributed by atoms with van der Waals surface area (Å²) >= 11 is 0. The maximum absolute atomic E-state index is 13.6. The summed E-state index contributed by atoms with van der Waals surface area (Å²) in [4.78, 5) is 14.6. The van der Waals surface area contributed by atoms with Crippen LogP contribution in [0.3, 0.4) is 0 Å². The summed E-state index contributed by atoms with van der Waals surface area (Å²) in [5.74, 6) is 0.358. The van der Waals surface area contributed by atoms with E-state index in [1.54, 1.807) is 6.07 Å². The van der Waals surface area contributed by atoms with Gasteiger partial charge in [-0.2, -0.15) is 18.3 Å². The molecule has 1 aromatic heterocycles. The lowest BCUT2D eigenvalue weighted by molar-refractivity contribution is -0.173. The van der Waals surface area contributed by atoms with Crippen LogP contribution in [-0.4, -0.2) is 52.4 Å². The Morgan fingerprint density at radius 3 is 2.78 bits per heavy atom. The summed E-state index contributed by atoms with van der Waals surface area (Å²) < 4.78 is 41.9. The number of likely N-dealkylation sites (tertiary alicyclic amines) is 1. The van der Waals surface area contributed by atoms with Crippen LogP contribution in [0.1, 0.15) is 55.0 Å². The van der Waals surface area contributed by atoms with Crippen molar-refractivity contribution in [1.29, 1.82) is 0 Å². The average Bonchev–Trinajstić information content (AvgIpc) is 3.35. The van der Waals surface area contributed by atoms with E-state index in [-0.39, 0.29) is 30.8 Å². The van der Waals surface area contributed by atoms with Gasteiger partial charge in [0.25, 0.3) is 0 Å². The molecule has 1 saturated heterocycles. The van der Waals surface area contributed by atoms with Crippen LogP contribution in [-0.2, 0) is 4.79 Å². The van der Waals surface area contributed by atoms with Crippen LogP contribution >= 0.6 is 0 Å². The number of carbonyl (C=O) groups excluding carboxylic acids is 1. The predicted octanol–water partition coefficient (Wildman–Crippen LogP) is 4.63. The highest BCUT2D eigenvalue weighted by Crippen LogP contribution is 2.41. The minimum atomic E-state index is -4.33. The van der Waals surface area contributed by atoms with Crippen LogP contribution in [0.2, 0.25) is 0 Å². The molecule has 1 amide bonds. The highest BCUT2D eigenvalue weighted by Gasteiger charge is 2.46. The fourth-order valence-electron chi connectivity index (χ4n) is 4.62. The van der Waals surface area contributed by atoms with Gasteiger partial charge in [-0.3, -0.25) is 9.69 Å². The zero-order valence-corrected chi connectivity index (χ0v) is 18.7. The van der Waals surface area contributed by atoms with Gasteiger partial charge in [-0.1, -0.05) is 19.1 Å². The minimum Gasteiger partial charge on any atom is -0.367 e. The summed E-state index contributed by atoms with van der Waals surface area (Å²) in [6, 6.07) is 5.86. The number of anilines is 2. The molecule has 1 fully saturated rings. The van der Waals surface area contributed by atoms with Crippen molar-refractivity contribution >= 4 is 17.4 Å². The normalized spacial score (nSPS) is 23.6. The second-order valence-corrected chi connectivity index (χ2v) is 9.03. The monoisotopic (exact) mass is 449 g/mol. The van der Waals surface area contributed by atoms with Gasteiger partial charge in [-0.05, 0) is 56.8 Å². The molecule has 1 aromatic carbocycles. The highest BCUT2D eigenvalue weighted by molar-refractivity contribution is 5.93. The SMILES string of the molecule is CC[C@H]1C[C@H](C(F)(F)F)n2nc([C@@H]3CCN(CC(=O)Nc4cc(C)ccc4C)C3)cc2N1. The van der Waals surface area contributed by atoms with Gasteiger partial charge in [0.15, 0.2) is 6.04 Å². The van der Waals surface area contributed by atoms with E-state index in [4.69, 9.17) is 0 Å². The first-order valence-corrected chi connectivity index (χ1v) is 11.2. The van der Waals surface area contributed by atoms with E-state index >= 15 is 0 Å². The second kappa shape index (κ2) is 8.77. The van der Waals surface area contributed by atoms with Crippen LogP contribution in [0, 0.1) is 13.8 Å². The lowest BCUT2D eigenvalue weighted by Crippen LogP contribution is -2.38. The van der Waals surface area contributed by atoms with Gasteiger partial charge in [-0.15, -0.1) is 0 Å². The summed E-state index contributed by atoms with van der Waals surface area (Å²) in [6.07, 6.45) is -2.95. The molecular weight excluding hydrogens is 419 g/mol. The number of hydrogen-bond donors (Lipinski definition) is 2. The number of nitrogens with one attached hydrogen (secondary N) is 2. The van der Waals surface area contributed by atoms with Crippen molar-refractivity contribution in [1.82, 2.24) is 14.7 Å². The van der Waals surface area contributed by atoms with Gasteiger partial charge < -0.3 is 10.6 Å². The molecule has 0 radical (unpaired) electrons. The Hall–Kier alpha value is -2.55. The van der Waals surface area contributed by atoms with Gasteiger partial charge in [0.2, 0.25) is 5.91 Å². The first-order chi connectivity index (χ1) is 15.1. The number of hydrogen-bond acceptors (Lipinski definition) is 4. The van der Waals surface area contributed by atoms with Crippen molar-refractivity contribution < 1.29 is 18.0 Å². The van der Waals surface area contributed by atoms with Gasteiger partial charge in [0.05, 0.1) is 12.2 Å². The summed E-state index contributed by atoms with van der Waals surface area (Å²) in [7, 11) is 0. The van der Waals surface area contributed by atoms with Gasteiger partial charge in [0, 0.05) is 30.3 Å². The third-order valence-electron chi connectivity index (χ3n) is 6.51. The van der Waals surface area contributed by atoms with Crippen LogP contribution in [0.4, 0.5) is 24.7 Å². The van der Waals surface area contributed by atoms with Crippen LogP contribution in [0.25, 0.3) is 0 Å². The van der Waals surface area contributed by atoms with Crippen molar-refractivity contribution in [2.75, 3.05) is 30.3 Å². The number of rotatable bonds is 5. The molecule has 3 heterocycles. The quantitative estimate of drug-likeness (QED) is 0.699. The van der Waals surface area contributed by atoms with E-state index in [2.05, 4.69) is 15.7 Å². The average molecular weight is 450 g/mol. The molecule has 4 rings (SSSR count). The van der Waals surface area contributed by atoms with E-state index in [1.165, 1.54) is 0 Å². The van der Waals surface area contributed by atoms with Crippen LogP contribution in [0.15, 0.2) is 24.3 Å². The van der Waals surface area contributed by atoms with Crippen LogP contribution in [0.5, 0.6) is 0 Å². The molecular formula is C23H30F3N5O. The number of aromatic nitrogens is 2. The predicted molar refractivity (Wildman–Crippen MR) is 118 cm³/mol. The first-order valence-electron chi connectivity index (χ1n) is 11.2. The number of halogens is 3. The third-order valence-corrected chi connectivity index (χ3v) is 6.51. The lowest BCUT2D eigenvalue weighted by atomic mass is 10.0. The van der Waals surface area contributed by atoms with E-state index in [9.17, 15) is 18.0 Å². The number of benzene rings is 1. The largest absolute Gasteiger partial charge is 0.410 e. The van der Waals surface area contributed by atoms with Crippen LogP contribution < -0.4 is 10.6 Å². The van der Waals surface area contributed by atoms with E-state index in [1.807, 2.05) is 43.9 Å². The molecule has 0 spiro atoms. The maximum atomic E-state index is 13.6. The Bertz CT molecular complexity index is 986. The molecule has 2 aliphatic rings. The smallest absolute Gasteiger partial charge is 0.367 e. The molecule has 0 aliphatic carbocycles. The Morgan fingerprint density at radius 1 is 1.28 bits per heavy atom. The highest BCUT2D eigenvalue weighted by atomic mass is 19.4. The Balaban J connectivity index is 1.41. The van der Waals surface area contributed by atoms with Gasteiger partial charge in [-0.25, -0.2) is 4.68 Å². The molecule has 6 nitrogen and oxygen atoms in total. The maximum Gasteiger partial charge on any atom is 0.410 e. The van der Waals surface area contributed by atoms with Crippen molar-refractivity contribution in [3.63, 3.8) is 0 Å². The number of alkyl halides is 3. The Labute approximate surface area is 186 Å². The van der Waals surface area contributed by atoms with Gasteiger partial charge >= 0.3 is 6.18 Å². The number of nitrogens with zero attached hydrogens (tertiary/aromatic N) is 3. The van der Waals surface area contributed by atoms with E-state index < -0.39 is 12.2 Å². The fraction of sp³-hybridized carbons (Fsp3) is 0.565. The molecule has 2 aromatic rings. The second-order valence-electron chi connectivity index (χ2n) is 9.03. The van der Waals surface area contributed by atoms with Gasteiger partial charge in [0.1, 0.15) is 5.82 Å². The third kappa shape index (κ3) is 4.77. The van der Waals surface area contributed by atoms with Crippen molar-refractivity contribution in [3.05, 3.63) is 41.1 Å². The molecule has 9 heteroatoms. The van der Waals surface area contributed by atoms with Crippen molar-refractivity contribution in [2.45, 2.75) is 64.2 Å². The molecule has 32 heavy (non-hydrogen) atoms. The lowest BCUT2D eigenvalue weighted by Gasteiger charge is -2.32. The number of carbonyl (C=O) groups is 1. The minimum absolute atomic E-state index is 0.0105. The molecule has 3 atom stereocenters. The zero-order valence-electron chi connectivity index (χ0n) is 18.7. The van der Waals surface area contributed by atoms with E-state index in [0.29, 0.717) is 31.0 Å². The molecule has 0 unspecified atom stereocenters. The summed E-state index contributed by atoms with van der Waals surface area (Å²) in [6.45, 7) is 7.37. The molecule has 0 saturated carbocycles. The topological polar surface area (TPSA) is 62.2 Å². The fourth-order valence-corrected chi connectivity index (χ4v) is 4.62. The number of fused-ring (bicyclic) bond motifs is 1. The van der Waals surface area contributed by atoms with Crippen molar-refractivity contribution in [2.24, 2.45) is 0 Å². The molecule has 2 aliphatic heterocycles. The molecule has 0 bridgehead atoms. The first kappa shape index (κ1) is 22.6. The summed E-state index contributed by atoms with van der Waals surface area (Å²) in [5, 5.41) is 10.5. The Kier molecular flexibility index (Phi) is 6.20. The summed E-state index contributed by atoms with van der Waals surface area (Å²) in [5.41, 5.74) is 3.55.